The highest BCUT2D eigenvalue weighted by Crippen LogP contribution is 2.19. The molecule has 0 aliphatic rings. The molecule has 7 nitrogen and oxygen atoms in total. The van der Waals surface area contributed by atoms with Crippen molar-refractivity contribution in [3.8, 4) is 0 Å². The highest BCUT2D eigenvalue weighted by molar-refractivity contribution is 5.56. The van der Waals surface area contributed by atoms with Crippen molar-refractivity contribution in [2.45, 2.75) is 33.1 Å². The number of rotatable bonds is 7. The lowest BCUT2D eigenvalue weighted by Crippen LogP contribution is -2.16. The monoisotopic (exact) mass is 289 g/mol. The van der Waals surface area contributed by atoms with Gasteiger partial charge in [-0.1, -0.05) is 6.92 Å². The van der Waals surface area contributed by atoms with Crippen molar-refractivity contribution in [3.05, 3.63) is 29.3 Å². The number of hydrogen-bond acceptors (Lipinski definition) is 6. The minimum absolute atomic E-state index is 0.677. The number of aryl methyl sites for hydroxylation is 2. The Bertz CT molecular complexity index is 591. The van der Waals surface area contributed by atoms with Crippen LogP contribution in [0.5, 0.6) is 0 Å². The van der Waals surface area contributed by atoms with Crippen LogP contribution in [0, 0.1) is 6.92 Å². The Morgan fingerprint density at radius 1 is 1.24 bits per heavy atom. The Hall–Kier alpha value is -2.15. The molecule has 2 aromatic rings. The third kappa shape index (κ3) is 3.69. The normalized spacial score (nSPS) is 10.7. The standard InChI is InChI=1S/C14H23N7/c1-4-5-12-18-13(10(2)14(19-12)20-15)16-8-6-11-7-9-17-21(11)3/h7,9H,4-6,8,15H2,1-3H3,(H2,16,18,19,20). The maximum atomic E-state index is 5.53. The molecule has 0 saturated carbocycles. The molecule has 2 heterocycles. The Balaban J connectivity index is 2.07. The van der Waals surface area contributed by atoms with E-state index in [0.717, 1.165) is 43.0 Å². The van der Waals surface area contributed by atoms with E-state index in [1.165, 1.54) is 5.69 Å². The van der Waals surface area contributed by atoms with Gasteiger partial charge in [0.05, 0.1) is 0 Å². The van der Waals surface area contributed by atoms with Gasteiger partial charge < -0.3 is 10.7 Å². The number of hydrogen-bond donors (Lipinski definition) is 3. The average molecular weight is 289 g/mol. The molecule has 0 radical (unpaired) electrons. The fourth-order valence-electron chi connectivity index (χ4n) is 2.17. The Morgan fingerprint density at radius 3 is 2.62 bits per heavy atom. The number of aromatic nitrogens is 4. The summed E-state index contributed by atoms with van der Waals surface area (Å²) in [5.74, 6) is 7.85. The van der Waals surface area contributed by atoms with Gasteiger partial charge in [-0.25, -0.2) is 15.8 Å². The maximum Gasteiger partial charge on any atom is 0.148 e. The summed E-state index contributed by atoms with van der Waals surface area (Å²) in [6.45, 7) is 4.85. The van der Waals surface area contributed by atoms with Crippen LogP contribution >= 0.6 is 0 Å². The zero-order valence-corrected chi connectivity index (χ0v) is 12.8. The van der Waals surface area contributed by atoms with Crippen molar-refractivity contribution in [2.24, 2.45) is 12.9 Å². The molecule has 0 spiro atoms. The van der Waals surface area contributed by atoms with Crippen LogP contribution in [0.15, 0.2) is 12.3 Å². The first kappa shape index (κ1) is 15.2. The van der Waals surface area contributed by atoms with E-state index in [1.807, 2.05) is 24.7 Å². The number of nitrogens with one attached hydrogen (secondary N) is 2. The molecule has 7 heteroatoms. The molecular weight excluding hydrogens is 266 g/mol. The van der Waals surface area contributed by atoms with Crippen LogP contribution in [0.25, 0.3) is 0 Å². The molecule has 0 bridgehead atoms. The lowest BCUT2D eigenvalue weighted by Gasteiger charge is -2.13. The molecule has 0 fully saturated rings. The van der Waals surface area contributed by atoms with Crippen LogP contribution in [0.1, 0.15) is 30.4 Å². The Kier molecular flexibility index (Phi) is 5.10. The zero-order chi connectivity index (χ0) is 15.2. The summed E-state index contributed by atoms with van der Waals surface area (Å²) in [4.78, 5) is 8.98. The molecule has 0 aliphatic heterocycles. The second-order valence-electron chi connectivity index (χ2n) is 4.98. The first-order valence-electron chi connectivity index (χ1n) is 7.20. The predicted molar refractivity (Wildman–Crippen MR) is 84.0 cm³/mol. The molecular formula is C14H23N7. The molecule has 0 atom stereocenters. The minimum atomic E-state index is 0.677. The SMILES string of the molecule is CCCc1nc(NN)c(C)c(NCCc2ccnn2C)n1. The summed E-state index contributed by atoms with van der Waals surface area (Å²) in [7, 11) is 1.95. The van der Waals surface area contributed by atoms with Gasteiger partial charge in [0.25, 0.3) is 0 Å². The van der Waals surface area contributed by atoms with Crippen molar-refractivity contribution in [3.63, 3.8) is 0 Å². The molecule has 0 unspecified atom stereocenters. The van der Waals surface area contributed by atoms with E-state index in [0.29, 0.717) is 5.82 Å². The highest BCUT2D eigenvalue weighted by atomic mass is 15.3. The summed E-state index contributed by atoms with van der Waals surface area (Å²) in [5.41, 5.74) is 4.76. The molecule has 2 aromatic heterocycles. The molecule has 2 rings (SSSR count). The first-order chi connectivity index (χ1) is 10.2. The van der Waals surface area contributed by atoms with Gasteiger partial charge in [-0.2, -0.15) is 5.10 Å². The maximum absolute atomic E-state index is 5.53. The summed E-state index contributed by atoms with van der Waals surface area (Å²) >= 11 is 0. The third-order valence-electron chi connectivity index (χ3n) is 3.40. The molecule has 0 aromatic carbocycles. The van der Waals surface area contributed by atoms with Gasteiger partial charge in [0.2, 0.25) is 0 Å². The van der Waals surface area contributed by atoms with Crippen molar-refractivity contribution in [1.29, 1.82) is 0 Å². The van der Waals surface area contributed by atoms with E-state index >= 15 is 0 Å². The van der Waals surface area contributed by atoms with Crippen LogP contribution in [0.3, 0.4) is 0 Å². The van der Waals surface area contributed by atoms with Gasteiger partial charge in [-0.05, 0) is 19.4 Å². The van der Waals surface area contributed by atoms with E-state index in [2.05, 4.69) is 32.7 Å². The van der Waals surface area contributed by atoms with Gasteiger partial charge in [0.15, 0.2) is 0 Å². The molecule has 114 valence electrons. The summed E-state index contributed by atoms with van der Waals surface area (Å²) in [6.07, 6.45) is 4.53. The fraction of sp³-hybridized carbons (Fsp3) is 0.500. The summed E-state index contributed by atoms with van der Waals surface area (Å²) in [5, 5.41) is 7.53. The predicted octanol–water partition coefficient (Wildman–Crippen LogP) is 1.41. The zero-order valence-electron chi connectivity index (χ0n) is 12.8. The van der Waals surface area contributed by atoms with E-state index < -0.39 is 0 Å². The van der Waals surface area contributed by atoms with Crippen molar-refractivity contribution >= 4 is 11.6 Å². The van der Waals surface area contributed by atoms with Gasteiger partial charge in [-0.3, -0.25) is 4.68 Å². The third-order valence-corrected chi connectivity index (χ3v) is 3.40. The van der Waals surface area contributed by atoms with Gasteiger partial charge in [0.1, 0.15) is 17.5 Å². The van der Waals surface area contributed by atoms with E-state index in [1.54, 1.807) is 6.20 Å². The molecule has 0 saturated heterocycles. The summed E-state index contributed by atoms with van der Waals surface area (Å²) in [6, 6.07) is 2.02. The molecule has 21 heavy (non-hydrogen) atoms. The van der Waals surface area contributed by atoms with Crippen LogP contribution in [-0.2, 0) is 19.9 Å². The second kappa shape index (κ2) is 7.03. The quantitative estimate of drug-likeness (QED) is 0.527. The number of anilines is 2. The van der Waals surface area contributed by atoms with E-state index in [9.17, 15) is 0 Å². The number of nitrogens with two attached hydrogens (primary N) is 1. The minimum Gasteiger partial charge on any atom is -0.369 e. The number of nitrogens with zero attached hydrogens (tertiary/aromatic N) is 4. The van der Waals surface area contributed by atoms with Crippen molar-refractivity contribution in [2.75, 3.05) is 17.3 Å². The van der Waals surface area contributed by atoms with E-state index in [4.69, 9.17) is 5.84 Å². The summed E-state index contributed by atoms with van der Waals surface area (Å²) < 4.78 is 1.88. The Labute approximate surface area is 124 Å². The Morgan fingerprint density at radius 2 is 2.00 bits per heavy atom. The topological polar surface area (TPSA) is 93.7 Å². The number of nitrogen functional groups attached to an aromatic ring is 1. The number of hydrazine groups is 1. The van der Waals surface area contributed by atoms with Gasteiger partial charge >= 0.3 is 0 Å². The van der Waals surface area contributed by atoms with Crippen molar-refractivity contribution in [1.82, 2.24) is 19.7 Å². The van der Waals surface area contributed by atoms with Crippen LogP contribution in [0.2, 0.25) is 0 Å². The first-order valence-corrected chi connectivity index (χ1v) is 7.20. The smallest absolute Gasteiger partial charge is 0.148 e. The van der Waals surface area contributed by atoms with Gasteiger partial charge in [-0.15, -0.1) is 0 Å². The lowest BCUT2D eigenvalue weighted by molar-refractivity contribution is 0.710. The molecule has 4 N–H and O–H groups in total. The van der Waals surface area contributed by atoms with Crippen LogP contribution < -0.4 is 16.6 Å². The highest BCUT2D eigenvalue weighted by Gasteiger charge is 2.10. The van der Waals surface area contributed by atoms with E-state index in [-0.39, 0.29) is 0 Å². The van der Waals surface area contributed by atoms with Crippen molar-refractivity contribution < 1.29 is 0 Å². The molecule has 0 aliphatic carbocycles. The lowest BCUT2D eigenvalue weighted by atomic mass is 10.2. The van der Waals surface area contributed by atoms with Crippen LogP contribution in [-0.4, -0.2) is 26.3 Å². The second-order valence-corrected chi connectivity index (χ2v) is 4.98. The van der Waals surface area contributed by atoms with Crippen LogP contribution in [0.4, 0.5) is 11.6 Å². The fourth-order valence-corrected chi connectivity index (χ4v) is 2.17. The molecule has 0 amide bonds. The largest absolute Gasteiger partial charge is 0.369 e. The van der Waals surface area contributed by atoms with Gasteiger partial charge in [0, 0.05) is 43.9 Å². The average Bonchev–Trinajstić information content (AvgIpc) is 2.88.